The van der Waals surface area contributed by atoms with Crippen molar-refractivity contribution in [3.8, 4) is 5.75 Å². The molecule has 1 aliphatic carbocycles. The van der Waals surface area contributed by atoms with Crippen molar-refractivity contribution >= 4 is 0 Å². The maximum atomic E-state index is 13.7. The van der Waals surface area contributed by atoms with Gasteiger partial charge < -0.3 is 10.1 Å². The first kappa shape index (κ1) is 12.4. The zero-order valence-electron chi connectivity index (χ0n) is 10.7. The molecule has 1 aliphatic rings. The molecule has 1 fully saturated rings. The van der Waals surface area contributed by atoms with Gasteiger partial charge >= 0.3 is 0 Å². The monoisotopic (exact) mass is 237 g/mol. The maximum absolute atomic E-state index is 13.7. The summed E-state index contributed by atoms with van der Waals surface area (Å²) in [6.07, 6.45) is 2.61. The lowest BCUT2D eigenvalue weighted by atomic mass is 9.90. The topological polar surface area (TPSA) is 21.3 Å². The van der Waals surface area contributed by atoms with E-state index in [9.17, 15) is 4.39 Å². The Bertz CT molecular complexity index is 390. The first-order valence-electron chi connectivity index (χ1n) is 6.18. The van der Waals surface area contributed by atoms with Crippen LogP contribution in [0.1, 0.15) is 31.4 Å². The fraction of sp³-hybridized carbons (Fsp3) is 0.571. The molecule has 1 saturated carbocycles. The van der Waals surface area contributed by atoms with E-state index in [1.165, 1.54) is 20.0 Å². The molecule has 0 spiro atoms. The molecular weight excluding hydrogens is 217 g/mol. The molecule has 3 heteroatoms. The van der Waals surface area contributed by atoms with Crippen molar-refractivity contribution in [1.82, 2.24) is 5.32 Å². The predicted octanol–water partition coefficient (Wildman–Crippen LogP) is 3.14. The molecule has 1 aromatic rings. The van der Waals surface area contributed by atoms with Crippen LogP contribution in [0.4, 0.5) is 4.39 Å². The first-order valence-corrected chi connectivity index (χ1v) is 6.18. The molecule has 0 bridgehead atoms. The quantitative estimate of drug-likeness (QED) is 0.849. The average Bonchev–Trinajstić information content (AvgIpc) is 3.14. The lowest BCUT2D eigenvalue weighted by molar-refractivity contribution is 0.362. The van der Waals surface area contributed by atoms with Gasteiger partial charge in [-0.1, -0.05) is 13.0 Å². The smallest absolute Gasteiger partial charge is 0.165 e. The van der Waals surface area contributed by atoms with Crippen LogP contribution in [0.15, 0.2) is 18.2 Å². The lowest BCUT2D eigenvalue weighted by Gasteiger charge is -2.24. The summed E-state index contributed by atoms with van der Waals surface area (Å²) in [7, 11) is 3.42. The number of hydrogen-bond acceptors (Lipinski definition) is 2. The van der Waals surface area contributed by atoms with E-state index in [4.69, 9.17) is 4.74 Å². The molecular formula is C14H20FNO. The first-order chi connectivity index (χ1) is 8.17. The molecule has 17 heavy (non-hydrogen) atoms. The second-order valence-corrected chi connectivity index (χ2v) is 4.86. The van der Waals surface area contributed by atoms with Crippen molar-refractivity contribution in [2.75, 3.05) is 14.2 Å². The summed E-state index contributed by atoms with van der Waals surface area (Å²) in [4.78, 5) is 0. The van der Waals surface area contributed by atoms with Gasteiger partial charge in [-0.3, -0.25) is 0 Å². The molecule has 2 rings (SSSR count). The van der Waals surface area contributed by atoms with Crippen molar-refractivity contribution in [2.45, 2.75) is 25.8 Å². The molecule has 2 unspecified atom stereocenters. The Morgan fingerprint density at radius 1 is 1.41 bits per heavy atom. The minimum absolute atomic E-state index is 0.225. The van der Waals surface area contributed by atoms with Gasteiger partial charge in [0.15, 0.2) is 11.6 Å². The van der Waals surface area contributed by atoms with Crippen LogP contribution in [0.2, 0.25) is 0 Å². The Kier molecular flexibility index (Phi) is 3.67. The van der Waals surface area contributed by atoms with E-state index in [0.717, 1.165) is 11.5 Å². The molecule has 0 radical (unpaired) electrons. The fourth-order valence-corrected chi connectivity index (χ4v) is 2.50. The number of rotatable bonds is 5. The van der Waals surface area contributed by atoms with E-state index < -0.39 is 0 Å². The average molecular weight is 237 g/mol. The SMILES string of the molecule is CNC(c1ccc(OC)c(F)c1)C(C)C1CC1. The van der Waals surface area contributed by atoms with Crippen molar-refractivity contribution in [3.05, 3.63) is 29.6 Å². The Labute approximate surface area is 102 Å². The summed E-state index contributed by atoms with van der Waals surface area (Å²) in [5, 5.41) is 3.30. The van der Waals surface area contributed by atoms with Crippen LogP contribution in [0, 0.1) is 17.7 Å². The van der Waals surface area contributed by atoms with Crippen LogP contribution in [0.5, 0.6) is 5.75 Å². The van der Waals surface area contributed by atoms with Crippen LogP contribution in [0.25, 0.3) is 0 Å². The Morgan fingerprint density at radius 2 is 2.12 bits per heavy atom. The van der Waals surface area contributed by atoms with Crippen molar-refractivity contribution in [3.63, 3.8) is 0 Å². The van der Waals surface area contributed by atoms with Gasteiger partial charge in [-0.05, 0) is 49.4 Å². The van der Waals surface area contributed by atoms with E-state index in [2.05, 4.69) is 12.2 Å². The van der Waals surface area contributed by atoms with Gasteiger partial charge in [0.25, 0.3) is 0 Å². The van der Waals surface area contributed by atoms with Gasteiger partial charge in [-0.25, -0.2) is 4.39 Å². The molecule has 0 heterocycles. The van der Waals surface area contributed by atoms with Crippen molar-refractivity contribution < 1.29 is 9.13 Å². The summed E-state index contributed by atoms with van der Waals surface area (Å²) in [5.74, 6) is 1.36. The zero-order valence-corrected chi connectivity index (χ0v) is 10.7. The minimum atomic E-state index is -0.284. The summed E-state index contributed by atoms with van der Waals surface area (Å²) in [5.41, 5.74) is 1.00. The van der Waals surface area contributed by atoms with Gasteiger partial charge in [0, 0.05) is 6.04 Å². The van der Waals surface area contributed by atoms with E-state index in [-0.39, 0.29) is 11.9 Å². The van der Waals surface area contributed by atoms with Crippen molar-refractivity contribution in [1.29, 1.82) is 0 Å². The van der Waals surface area contributed by atoms with Gasteiger partial charge in [0.1, 0.15) is 0 Å². The maximum Gasteiger partial charge on any atom is 0.165 e. The number of methoxy groups -OCH3 is 1. The van der Waals surface area contributed by atoms with Crippen molar-refractivity contribution in [2.24, 2.45) is 11.8 Å². The molecule has 0 amide bonds. The van der Waals surface area contributed by atoms with Gasteiger partial charge in [0.2, 0.25) is 0 Å². The summed E-state index contributed by atoms with van der Waals surface area (Å²) in [6.45, 7) is 2.24. The highest BCUT2D eigenvalue weighted by Gasteiger charge is 2.33. The third kappa shape index (κ3) is 2.60. The lowest BCUT2D eigenvalue weighted by Crippen LogP contribution is -2.24. The highest BCUT2D eigenvalue weighted by Crippen LogP contribution is 2.42. The Hall–Kier alpha value is -1.09. The minimum Gasteiger partial charge on any atom is -0.494 e. The van der Waals surface area contributed by atoms with E-state index >= 15 is 0 Å². The Balaban J connectivity index is 2.21. The van der Waals surface area contributed by atoms with E-state index in [1.54, 1.807) is 12.1 Å². The molecule has 2 nitrogen and oxygen atoms in total. The number of hydrogen-bond donors (Lipinski definition) is 1. The number of ether oxygens (including phenoxy) is 1. The molecule has 0 aromatic heterocycles. The van der Waals surface area contributed by atoms with Crippen LogP contribution in [-0.2, 0) is 0 Å². The fourth-order valence-electron chi connectivity index (χ4n) is 2.50. The number of halogens is 1. The molecule has 0 aliphatic heterocycles. The second kappa shape index (κ2) is 5.05. The molecule has 1 aromatic carbocycles. The third-order valence-electron chi connectivity index (χ3n) is 3.74. The summed E-state index contributed by atoms with van der Waals surface area (Å²) < 4.78 is 18.6. The second-order valence-electron chi connectivity index (χ2n) is 4.86. The van der Waals surface area contributed by atoms with E-state index in [1.807, 2.05) is 13.1 Å². The molecule has 2 atom stereocenters. The normalized spacial score (nSPS) is 18.8. The summed E-state index contributed by atoms with van der Waals surface area (Å²) in [6, 6.07) is 5.46. The predicted molar refractivity (Wildman–Crippen MR) is 66.6 cm³/mol. The van der Waals surface area contributed by atoms with Crippen LogP contribution >= 0.6 is 0 Å². The largest absolute Gasteiger partial charge is 0.494 e. The van der Waals surface area contributed by atoms with Gasteiger partial charge in [-0.2, -0.15) is 0 Å². The third-order valence-corrected chi connectivity index (χ3v) is 3.74. The van der Waals surface area contributed by atoms with Crippen LogP contribution in [-0.4, -0.2) is 14.2 Å². The molecule has 0 saturated heterocycles. The van der Waals surface area contributed by atoms with E-state index in [0.29, 0.717) is 11.7 Å². The molecule has 94 valence electrons. The number of nitrogens with one attached hydrogen (secondary N) is 1. The highest BCUT2D eigenvalue weighted by molar-refractivity contribution is 5.31. The summed E-state index contributed by atoms with van der Waals surface area (Å²) >= 11 is 0. The molecule has 1 N–H and O–H groups in total. The van der Waals surface area contributed by atoms with Crippen LogP contribution < -0.4 is 10.1 Å². The Morgan fingerprint density at radius 3 is 2.59 bits per heavy atom. The zero-order chi connectivity index (χ0) is 12.4. The standard InChI is InChI=1S/C14H20FNO/c1-9(10-4-5-10)14(16-2)11-6-7-13(17-3)12(15)8-11/h6-10,14,16H,4-5H2,1-3H3. The van der Waals surface area contributed by atoms with Gasteiger partial charge in [-0.15, -0.1) is 0 Å². The van der Waals surface area contributed by atoms with Crippen LogP contribution in [0.3, 0.4) is 0 Å². The number of benzene rings is 1. The highest BCUT2D eigenvalue weighted by atomic mass is 19.1. The van der Waals surface area contributed by atoms with Gasteiger partial charge in [0.05, 0.1) is 7.11 Å².